The summed E-state index contributed by atoms with van der Waals surface area (Å²) in [7, 11) is 0. The Morgan fingerprint density at radius 3 is 2.72 bits per heavy atom. The van der Waals surface area contributed by atoms with Crippen molar-refractivity contribution in [1.29, 1.82) is 0 Å². The predicted molar refractivity (Wildman–Crippen MR) is 65.0 cm³/mol. The van der Waals surface area contributed by atoms with Crippen LogP contribution in [0.5, 0.6) is 0 Å². The molecule has 0 aromatic carbocycles. The number of carbonyl (C=O) groups excluding carboxylic acids is 2. The van der Waals surface area contributed by atoms with Crippen LogP contribution in [0.1, 0.15) is 46.5 Å². The van der Waals surface area contributed by atoms with Gasteiger partial charge in [0, 0.05) is 12.2 Å². The van der Waals surface area contributed by atoms with Crippen LogP contribution in [-0.4, -0.2) is 33.8 Å². The van der Waals surface area contributed by atoms with Gasteiger partial charge in [0.25, 0.3) is 11.8 Å². The molecule has 0 bridgehead atoms. The maximum Gasteiger partial charge on any atom is 0.280 e. The third-order valence-electron chi connectivity index (χ3n) is 3.79. The Kier molecular flexibility index (Phi) is 2.63. The van der Waals surface area contributed by atoms with Crippen LogP contribution >= 0.6 is 0 Å². The van der Waals surface area contributed by atoms with Gasteiger partial charge < -0.3 is 5.73 Å². The summed E-state index contributed by atoms with van der Waals surface area (Å²) in [6.07, 6.45) is 5.28. The van der Waals surface area contributed by atoms with Crippen molar-refractivity contribution < 1.29 is 9.59 Å². The maximum atomic E-state index is 12.3. The fourth-order valence-electron chi connectivity index (χ4n) is 2.85. The van der Waals surface area contributed by atoms with E-state index < -0.39 is 0 Å². The number of fused-ring (bicyclic) bond motifs is 1. The lowest BCUT2D eigenvalue weighted by Crippen LogP contribution is -2.51. The minimum atomic E-state index is -0.294. The van der Waals surface area contributed by atoms with Crippen LogP contribution in [0.3, 0.4) is 0 Å². The summed E-state index contributed by atoms with van der Waals surface area (Å²) in [5, 5.41) is 0. The summed E-state index contributed by atoms with van der Waals surface area (Å²) < 4.78 is 0. The Morgan fingerprint density at radius 2 is 2.00 bits per heavy atom. The van der Waals surface area contributed by atoms with Crippen LogP contribution in [-0.2, 0) is 0 Å². The van der Waals surface area contributed by atoms with Gasteiger partial charge in [0.15, 0.2) is 0 Å². The molecule has 5 nitrogen and oxygen atoms in total. The maximum absolute atomic E-state index is 12.3. The average molecular weight is 245 g/mol. The molecular weight excluding hydrogens is 230 g/mol. The number of rotatable bonds is 1. The first-order valence-electron chi connectivity index (χ1n) is 6.28. The van der Waals surface area contributed by atoms with Gasteiger partial charge in [-0.3, -0.25) is 19.5 Å². The largest absolute Gasteiger partial charge is 0.326 e. The summed E-state index contributed by atoms with van der Waals surface area (Å²) in [6.45, 7) is 0. The smallest absolute Gasteiger partial charge is 0.280 e. The monoisotopic (exact) mass is 245 g/mol. The van der Waals surface area contributed by atoms with E-state index in [9.17, 15) is 9.59 Å². The molecule has 1 aromatic heterocycles. The third-order valence-corrected chi connectivity index (χ3v) is 3.79. The Labute approximate surface area is 105 Å². The molecule has 0 radical (unpaired) electrons. The number of nitrogens with zero attached hydrogens (tertiary/aromatic N) is 2. The highest BCUT2D eigenvalue weighted by molar-refractivity contribution is 6.20. The summed E-state index contributed by atoms with van der Waals surface area (Å²) in [5.74, 6) is -0.539. The summed E-state index contributed by atoms with van der Waals surface area (Å²) >= 11 is 0. The molecule has 2 amide bonds. The van der Waals surface area contributed by atoms with E-state index in [0.717, 1.165) is 25.7 Å². The second kappa shape index (κ2) is 4.17. The van der Waals surface area contributed by atoms with Crippen LogP contribution in [0.2, 0.25) is 0 Å². The van der Waals surface area contributed by atoms with Gasteiger partial charge in [-0.2, -0.15) is 0 Å². The average Bonchev–Trinajstić information content (AvgIpc) is 2.64. The number of pyridine rings is 1. The lowest BCUT2D eigenvalue weighted by Gasteiger charge is -2.34. The molecule has 1 saturated carbocycles. The fourth-order valence-corrected chi connectivity index (χ4v) is 2.85. The Bertz CT molecular complexity index is 480. The molecule has 3 rings (SSSR count). The standard InChI is InChI=1S/C13H15N3O2/c14-9-5-1-2-6-10(9)16-12(17)8-4-3-7-15-11(8)13(16)18/h3-4,7,9-10H,1-2,5-6,14H2. The molecule has 94 valence electrons. The minimum absolute atomic E-state index is 0.110. The van der Waals surface area contributed by atoms with Crippen LogP contribution in [0.25, 0.3) is 0 Å². The normalized spacial score (nSPS) is 27.5. The zero-order chi connectivity index (χ0) is 12.7. The van der Waals surface area contributed by atoms with Gasteiger partial charge in [-0.1, -0.05) is 12.8 Å². The number of aromatic nitrogens is 1. The second-order valence-corrected chi connectivity index (χ2v) is 4.90. The molecular formula is C13H15N3O2. The first kappa shape index (κ1) is 11.3. The summed E-state index contributed by atoms with van der Waals surface area (Å²) in [4.78, 5) is 29.8. The van der Waals surface area contributed by atoms with Crippen molar-refractivity contribution in [3.8, 4) is 0 Å². The minimum Gasteiger partial charge on any atom is -0.326 e. The highest BCUT2D eigenvalue weighted by Crippen LogP contribution is 2.29. The van der Waals surface area contributed by atoms with Gasteiger partial charge in [0.2, 0.25) is 0 Å². The van der Waals surface area contributed by atoms with Gasteiger partial charge in [-0.25, -0.2) is 0 Å². The fraction of sp³-hybridized carbons (Fsp3) is 0.462. The van der Waals surface area contributed by atoms with Gasteiger partial charge in [0.05, 0.1) is 11.6 Å². The first-order valence-corrected chi connectivity index (χ1v) is 6.28. The zero-order valence-corrected chi connectivity index (χ0v) is 10.0. The quantitative estimate of drug-likeness (QED) is 0.747. The lowest BCUT2D eigenvalue weighted by atomic mass is 9.90. The number of carbonyl (C=O) groups is 2. The molecule has 1 aliphatic heterocycles. The van der Waals surface area contributed by atoms with Crippen LogP contribution in [0.4, 0.5) is 0 Å². The third kappa shape index (κ3) is 1.54. The van der Waals surface area contributed by atoms with Gasteiger partial charge in [0.1, 0.15) is 5.69 Å². The molecule has 18 heavy (non-hydrogen) atoms. The molecule has 2 unspecified atom stereocenters. The number of nitrogens with two attached hydrogens (primary N) is 1. The van der Waals surface area contributed by atoms with Crippen molar-refractivity contribution >= 4 is 11.8 Å². The number of hydrogen-bond donors (Lipinski definition) is 1. The second-order valence-electron chi connectivity index (χ2n) is 4.90. The van der Waals surface area contributed by atoms with Crippen molar-refractivity contribution in [1.82, 2.24) is 9.88 Å². The number of hydrogen-bond acceptors (Lipinski definition) is 4. The van der Waals surface area contributed by atoms with E-state index >= 15 is 0 Å². The van der Waals surface area contributed by atoms with Gasteiger partial charge in [-0.05, 0) is 25.0 Å². The van der Waals surface area contributed by atoms with Crippen molar-refractivity contribution in [2.24, 2.45) is 5.73 Å². The van der Waals surface area contributed by atoms with Crippen molar-refractivity contribution in [2.75, 3.05) is 0 Å². The topological polar surface area (TPSA) is 76.3 Å². The van der Waals surface area contributed by atoms with Crippen molar-refractivity contribution in [3.05, 3.63) is 29.6 Å². The zero-order valence-electron chi connectivity index (χ0n) is 10.0. The van der Waals surface area contributed by atoms with Crippen molar-refractivity contribution in [3.63, 3.8) is 0 Å². The van der Waals surface area contributed by atoms with E-state index in [4.69, 9.17) is 5.73 Å². The van der Waals surface area contributed by atoms with Crippen molar-refractivity contribution in [2.45, 2.75) is 37.8 Å². The van der Waals surface area contributed by atoms with Crippen LogP contribution < -0.4 is 5.73 Å². The lowest BCUT2D eigenvalue weighted by molar-refractivity contribution is 0.0524. The Balaban J connectivity index is 1.96. The van der Waals surface area contributed by atoms with E-state index in [0.29, 0.717) is 5.56 Å². The van der Waals surface area contributed by atoms with Gasteiger partial charge in [-0.15, -0.1) is 0 Å². The molecule has 2 heterocycles. The molecule has 2 aliphatic rings. The van der Waals surface area contributed by atoms with E-state index in [-0.39, 0.29) is 29.6 Å². The van der Waals surface area contributed by atoms with E-state index in [1.54, 1.807) is 12.1 Å². The predicted octanol–water partition coefficient (Wildman–Crippen LogP) is 0.947. The molecule has 2 N–H and O–H groups in total. The molecule has 5 heteroatoms. The molecule has 1 aromatic rings. The molecule has 0 saturated heterocycles. The van der Waals surface area contributed by atoms with Crippen LogP contribution in [0.15, 0.2) is 18.3 Å². The van der Waals surface area contributed by atoms with E-state index in [2.05, 4.69) is 4.98 Å². The van der Waals surface area contributed by atoms with Crippen LogP contribution in [0, 0.1) is 0 Å². The number of imide groups is 1. The van der Waals surface area contributed by atoms with E-state index in [1.807, 2.05) is 0 Å². The summed E-state index contributed by atoms with van der Waals surface area (Å²) in [6, 6.07) is 3.04. The van der Waals surface area contributed by atoms with E-state index in [1.165, 1.54) is 11.1 Å². The molecule has 1 aliphatic carbocycles. The first-order chi connectivity index (χ1) is 8.70. The molecule has 2 atom stereocenters. The Hall–Kier alpha value is -1.75. The molecule has 1 fully saturated rings. The van der Waals surface area contributed by atoms with Gasteiger partial charge >= 0.3 is 0 Å². The highest BCUT2D eigenvalue weighted by atomic mass is 16.2. The number of amides is 2. The highest BCUT2D eigenvalue weighted by Gasteiger charge is 2.43. The summed E-state index contributed by atoms with van der Waals surface area (Å²) in [5.41, 5.74) is 6.72. The Morgan fingerprint density at radius 1 is 1.22 bits per heavy atom. The molecule has 0 spiro atoms. The SMILES string of the molecule is NC1CCCCC1N1C(=O)c2cccnc2C1=O.